The summed E-state index contributed by atoms with van der Waals surface area (Å²) in [5.41, 5.74) is 0.690. The van der Waals surface area contributed by atoms with Crippen molar-refractivity contribution >= 4 is 5.69 Å². The van der Waals surface area contributed by atoms with Crippen LogP contribution in [0.25, 0.3) is 0 Å². The molecule has 1 unspecified atom stereocenters. The average molecular weight is 261 g/mol. The van der Waals surface area contributed by atoms with Crippen LogP contribution in [0.4, 0.5) is 18.9 Å². The van der Waals surface area contributed by atoms with E-state index in [1.165, 1.54) is 6.07 Å². The normalized spacial score (nSPS) is 13.4. The topological polar surface area (TPSA) is 21.3 Å². The molecule has 1 aromatic rings. The molecular weight excluding hydrogens is 243 g/mol. The zero-order valence-corrected chi connectivity index (χ0v) is 10.8. The number of halogens is 3. The first-order valence-electron chi connectivity index (χ1n) is 5.75. The van der Waals surface area contributed by atoms with E-state index in [0.717, 1.165) is 17.7 Å². The summed E-state index contributed by atoms with van der Waals surface area (Å²) in [6.07, 6.45) is -4.30. The van der Waals surface area contributed by atoms with Crippen LogP contribution in [-0.4, -0.2) is 20.3 Å². The molecule has 0 radical (unpaired) electrons. The number of aryl methyl sites for hydroxylation is 1. The molecule has 0 aromatic heterocycles. The van der Waals surface area contributed by atoms with Crippen LogP contribution in [0.15, 0.2) is 18.2 Å². The highest BCUT2D eigenvalue weighted by molar-refractivity contribution is 5.53. The van der Waals surface area contributed by atoms with Crippen LogP contribution < -0.4 is 5.32 Å². The molecule has 5 heteroatoms. The Balaban J connectivity index is 2.76. The summed E-state index contributed by atoms with van der Waals surface area (Å²) in [6.45, 7) is 4.91. The van der Waals surface area contributed by atoms with Gasteiger partial charge >= 0.3 is 6.18 Å². The van der Waals surface area contributed by atoms with Gasteiger partial charge in [0.25, 0.3) is 0 Å². The molecule has 1 aromatic carbocycles. The minimum Gasteiger partial charge on any atom is -0.384 e. The van der Waals surface area contributed by atoms with E-state index in [4.69, 9.17) is 4.74 Å². The van der Waals surface area contributed by atoms with Crippen molar-refractivity contribution in [3.63, 3.8) is 0 Å². The SMILES string of the molecule is COCC(C)CNc1cc(C(F)(F)F)ccc1C. The third-order valence-corrected chi connectivity index (χ3v) is 2.66. The quantitative estimate of drug-likeness (QED) is 0.872. The molecule has 1 rings (SSSR count). The van der Waals surface area contributed by atoms with Gasteiger partial charge in [-0.3, -0.25) is 0 Å². The van der Waals surface area contributed by atoms with Gasteiger partial charge in [-0.05, 0) is 30.5 Å². The first kappa shape index (κ1) is 14.8. The van der Waals surface area contributed by atoms with Crippen LogP contribution in [0.1, 0.15) is 18.1 Å². The van der Waals surface area contributed by atoms with E-state index in [-0.39, 0.29) is 5.92 Å². The second kappa shape index (κ2) is 6.09. The van der Waals surface area contributed by atoms with Gasteiger partial charge in [0, 0.05) is 19.3 Å². The maximum atomic E-state index is 12.6. The highest BCUT2D eigenvalue weighted by atomic mass is 19.4. The molecule has 0 amide bonds. The third kappa shape index (κ3) is 4.22. The highest BCUT2D eigenvalue weighted by Gasteiger charge is 2.30. The maximum Gasteiger partial charge on any atom is 0.416 e. The van der Waals surface area contributed by atoms with Crippen LogP contribution in [-0.2, 0) is 10.9 Å². The number of rotatable bonds is 5. The largest absolute Gasteiger partial charge is 0.416 e. The average Bonchev–Trinajstić information content (AvgIpc) is 2.26. The Morgan fingerprint density at radius 1 is 1.33 bits per heavy atom. The van der Waals surface area contributed by atoms with Gasteiger partial charge in [-0.1, -0.05) is 13.0 Å². The molecule has 1 atom stereocenters. The molecule has 0 bridgehead atoms. The van der Waals surface area contributed by atoms with Gasteiger partial charge in [0.05, 0.1) is 12.2 Å². The van der Waals surface area contributed by atoms with Gasteiger partial charge in [-0.25, -0.2) is 0 Å². The Bertz CT molecular complexity index is 390. The van der Waals surface area contributed by atoms with E-state index in [0.29, 0.717) is 18.8 Å². The van der Waals surface area contributed by atoms with Gasteiger partial charge in [0.2, 0.25) is 0 Å². The fourth-order valence-corrected chi connectivity index (χ4v) is 1.62. The van der Waals surface area contributed by atoms with E-state index < -0.39 is 11.7 Å². The van der Waals surface area contributed by atoms with Gasteiger partial charge in [0.15, 0.2) is 0 Å². The van der Waals surface area contributed by atoms with Crippen molar-refractivity contribution in [2.75, 3.05) is 25.6 Å². The van der Waals surface area contributed by atoms with Crippen molar-refractivity contribution in [2.45, 2.75) is 20.0 Å². The van der Waals surface area contributed by atoms with Gasteiger partial charge in [0.1, 0.15) is 0 Å². The van der Waals surface area contributed by atoms with E-state index in [1.54, 1.807) is 14.0 Å². The molecule has 0 saturated carbocycles. The van der Waals surface area contributed by atoms with Crippen LogP contribution >= 0.6 is 0 Å². The molecule has 0 aliphatic rings. The van der Waals surface area contributed by atoms with Crippen molar-refractivity contribution in [1.82, 2.24) is 0 Å². The summed E-state index contributed by atoms with van der Waals surface area (Å²) in [6, 6.07) is 3.72. The summed E-state index contributed by atoms with van der Waals surface area (Å²) in [4.78, 5) is 0. The van der Waals surface area contributed by atoms with Crippen LogP contribution in [0, 0.1) is 12.8 Å². The third-order valence-electron chi connectivity index (χ3n) is 2.66. The fraction of sp³-hybridized carbons (Fsp3) is 0.538. The van der Waals surface area contributed by atoms with E-state index >= 15 is 0 Å². The lowest BCUT2D eigenvalue weighted by Gasteiger charge is -2.16. The maximum absolute atomic E-state index is 12.6. The molecule has 0 aliphatic carbocycles. The Morgan fingerprint density at radius 3 is 2.56 bits per heavy atom. The number of benzene rings is 1. The smallest absolute Gasteiger partial charge is 0.384 e. The van der Waals surface area contributed by atoms with Crippen molar-refractivity contribution in [2.24, 2.45) is 5.92 Å². The van der Waals surface area contributed by atoms with Crippen molar-refractivity contribution in [3.05, 3.63) is 29.3 Å². The summed E-state index contributed by atoms with van der Waals surface area (Å²) in [5.74, 6) is 0.240. The summed E-state index contributed by atoms with van der Waals surface area (Å²) < 4.78 is 42.7. The number of methoxy groups -OCH3 is 1. The van der Waals surface area contributed by atoms with Crippen LogP contribution in [0.5, 0.6) is 0 Å². The van der Waals surface area contributed by atoms with Gasteiger partial charge < -0.3 is 10.1 Å². The number of anilines is 1. The molecule has 0 saturated heterocycles. The predicted octanol–water partition coefficient (Wildman–Crippen LogP) is 3.71. The Kier molecular flexibility index (Phi) is 5.02. The summed E-state index contributed by atoms with van der Waals surface area (Å²) in [7, 11) is 1.60. The molecule has 1 N–H and O–H groups in total. The molecular formula is C13H18F3NO. The molecule has 0 aliphatic heterocycles. The fourth-order valence-electron chi connectivity index (χ4n) is 1.62. The first-order valence-corrected chi connectivity index (χ1v) is 5.75. The number of alkyl halides is 3. The first-order chi connectivity index (χ1) is 8.34. The van der Waals surface area contributed by atoms with Gasteiger partial charge in [-0.15, -0.1) is 0 Å². The van der Waals surface area contributed by atoms with Crippen molar-refractivity contribution in [1.29, 1.82) is 0 Å². The molecule has 0 heterocycles. The minimum atomic E-state index is -4.30. The van der Waals surface area contributed by atoms with E-state index in [9.17, 15) is 13.2 Å². The monoisotopic (exact) mass is 261 g/mol. The number of hydrogen-bond acceptors (Lipinski definition) is 2. The zero-order valence-electron chi connectivity index (χ0n) is 10.8. The summed E-state index contributed by atoms with van der Waals surface area (Å²) >= 11 is 0. The van der Waals surface area contributed by atoms with Crippen LogP contribution in [0.3, 0.4) is 0 Å². The number of hydrogen-bond donors (Lipinski definition) is 1. The molecule has 2 nitrogen and oxygen atoms in total. The zero-order chi connectivity index (χ0) is 13.8. The Hall–Kier alpha value is -1.23. The highest BCUT2D eigenvalue weighted by Crippen LogP contribution is 2.32. The van der Waals surface area contributed by atoms with E-state index in [1.807, 2.05) is 6.92 Å². The second-order valence-electron chi connectivity index (χ2n) is 4.47. The Labute approximate surface area is 105 Å². The van der Waals surface area contributed by atoms with Crippen molar-refractivity contribution in [3.8, 4) is 0 Å². The Morgan fingerprint density at radius 2 is 2.00 bits per heavy atom. The van der Waals surface area contributed by atoms with E-state index in [2.05, 4.69) is 5.32 Å². The lowest BCUT2D eigenvalue weighted by molar-refractivity contribution is -0.137. The number of nitrogens with one attached hydrogen (secondary N) is 1. The standard InChI is InChI=1S/C13H18F3NO/c1-9(8-18-3)7-17-12-6-11(13(14,15)16)5-4-10(12)2/h4-6,9,17H,7-8H2,1-3H3. The number of ether oxygens (including phenoxy) is 1. The summed E-state index contributed by atoms with van der Waals surface area (Å²) in [5, 5.41) is 3.03. The molecule has 0 spiro atoms. The van der Waals surface area contributed by atoms with Crippen LogP contribution in [0.2, 0.25) is 0 Å². The molecule has 18 heavy (non-hydrogen) atoms. The minimum absolute atomic E-state index is 0.240. The predicted molar refractivity (Wildman–Crippen MR) is 65.7 cm³/mol. The van der Waals surface area contributed by atoms with Gasteiger partial charge in [-0.2, -0.15) is 13.2 Å². The van der Waals surface area contributed by atoms with Crippen molar-refractivity contribution < 1.29 is 17.9 Å². The second-order valence-corrected chi connectivity index (χ2v) is 4.47. The molecule has 102 valence electrons. The lowest BCUT2D eigenvalue weighted by Crippen LogP contribution is -2.16. The lowest BCUT2D eigenvalue weighted by atomic mass is 10.1. The molecule has 0 fully saturated rings.